The summed E-state index contributed by atoms with van der Waals surface area (Å²) in [4.78, 5) is 5.34. The Morgan fingerprint density at radius 2 is 0.714 bits per heavy atom. The van der Waals surface area contributed by atoms with Gasteiger partial charge in [-0.05, 0) is 150 Å². The highest BCUT2D eigenvalue weighted by Crippen LogP contribution is 2.53. The maximum Gasteiger partial charge on any atom is 0.252 e. The molecule has 0 saturated heterocycles. The summed E-state index contributed by atoms with van der Waals surface area (Å²) in [7, 11) is 0. The van der Waals surface area contributed by atoms with Crippen LogP contribution in [0.1, 0.15) is 51.7 Å². The van der Waals surface area contributed by atoms with Crippen molar-refractivity contribution in [3.8, 4) is 66.8 Å². The quantitative estimate of drug-likeness (QED) is 0.119. The van der Waals surface area contributed by atoms with Crippen LogP contribution in [0.5, 0.6) is 0 Å². The summed E-state index contributed by atoms with van der Waals surface area (Å²) in [5.41, 5.74) is 27.9. The number of benzene rings is 11. The molecule has 13 rings (SSSR count). The van der Waals surface area contributed by atoms with Gasteiger partial charge in [-0.15, -0.1) is 0 Å². The van der Waals surface area contributed by atoms with Gasteiger partial charge in [-0.1, -0.05) is 246 Å². The maximum atomic E-state index is 2.68. The maximum absolute atomic E-state index is 2.68. The van der Waals surface area contributed by atoms with Crippen molar-refractivity contribution in [1.82, 2.24) is 0 Å². The van der Waals surface area contributed by atoms with Crippen LogP contribution in [0.4, 0.5) is 34.1 Å². The van der Waals surface area contributed by atoms with E-state index in [1.165, 1.54) is 123 Å². The van der Waals surface area contributed by atoms with E-state index in [9.17, 15) is 0 Å². The molecular weight excluding hydrogens is 928 g/mol. The molecular formula is C74H61BN2. The van der Waals surface area contributed by atoms with Crippen molar-refractivity contribution in [2.45, 2.75) is 52.4 Å². The second-order valence-electron chi connectivity index (χ2n) is 21.9. The summed E-state index contributed by atoms with van der Waals surface area (Å²) >= 11 is 0. The van der Waals surface area contributed by atoms with Gasteiger partial charge in [0.15, 0.2) is 0 Å². The van der Waals surface area contributed by atoms with Crippen LogP contribution < -0.4 is 26.2 Å². The summed E-state index contributed by atoms with van der Waals surface area (Å²) in [5, 5.41) is 0. The molecule has 370 valence electrons. The van der Waals surface area contributed by atoms with Gasteiger partial charge >= 0.3 is 0 Å². The standard InChI is InChI=1S/C74H61BN2/c1-5-6-25-60-44-57(51-26-13-7-14-27-51)38-41-67(60)76-68-42-39-58(52-28-15-8-16-29-52)47-65(68)75-66-48-59(53-30-17-9-18-31-53)40-43-69(66)77(71-50-62(74(2,3)4)49-70(76)72(71)75)73-63(55-34-21-11-22-35-55)45-61(54-32-19-10-20-33-54)46-64(73)56-36-23-12-24-37-56/h7-24,26-50H,5-6,25H2,1-4H3. The zero-order valence-electron chi connectivity index (χ0n) is 44.4. The van der Waals surface area contributed by atoms with E-state index in [0.717, 1.165) is 24.9 Å². The minimum Gasteiger partial charge on any atom is -0.311 e. The summed E-state index contributed by atoms with van der Waals surface area (Å²) in [6, 6.07) is 97.7. The molecule has 2 aliphatic rings. The summed E-state index contributed by atoms with van der Waals surface area (Å²) in [6.45, 7) is 9.33. The smallest absolute Gasteiger partial charge is 0.252 e. The first-order valence-electron chi connectivity index (χ1n) is 27.5. The predicted octanol–water partition coefficient (Wildman–Crippen LogP) is 18.4. The first kappa shape index (κ1) is 47.8. The van der Waals surface area contributed by atoms with E-state index in [1.54, 1.807) is 0 Å². The molecule has 3 heteroatoms. The van der Waals surface area contributed by atoms with Crippen molar-refractivity contribution in [3.63, 3.8) is 0 Å². The van der Waals surface area contributed by atoms with Crippen molar-refractivity contribution < 1.29 is 0 Å². The zero-order valence-corrected chi connectivity index (χ0v) is 44.4. The zero-order chi connectivity index (χ0) is 52.0. The van der Waals surface area contributed by atoms with Crippen molar-refractivity contribution in [2.24, 2.45) is 0 Å². The average Bonchev–Trinajstić information content (AvgIpc) is 3.49. The average molecular weight is 989 g/mol. The molecule has 0 unspecified atom stereocenters. The highest BCUT2D eigenvalue weighted by atomic mass is 15.2. The van der Waals surface area contributed by atoms with Crippen molar-refractivity contribution in [1.29, 1.82) is 0 Å². The molecule has 2 nitrogen and oxygen atoms in total. The largest absolute Gasteiger partial charge is 0.311 e. The number of anilines is 6. The Morgan fingerprint density at radius 3 is 1.14 bits per heavy atom. The van der Waals surface area contributed by atoms with Gasteiger partial charge in [-0.2, -0.15) is 0 Å². The number of fused-ring (bicyclic) bond motifs is 4. The van der Waals surface area contributed by atoms with Crippen LogP contribution >= 0.6 is 0 Å². The van der Waals surface area contributed by atoms with Gasteiger partial charge in [-0.3, -0.25) is 0 Å². The van der Waals surface area contributed by atoms with Gasteiger partial charge in [0, 0.05) is 39.6 Å². The van der Waals surface area contributed by atoms with Crippen LogP contribution in [-0.4, -0.2) is 6.71 Å². The van der Waals surface area contributed by atoms with Crippen LogP contribution in [0, 0.1) is 0 Å². The Balaban J connectivity index is 1.18. The minimum atomic E-state index is -0.197. The van der Waals surface area contributed by atoms with E-state index < -0.39 is 0 Å². The van der Waals surface area contributed by atoms with Gasteiger partial charge in [0.2, 0.25) is 0 Å². The second-order valence-corrected chi connectivity index (χ2v) is 21.9. The Bertz CT molecular complexity index is 3860. The number of hydrogen-bond donors (Lipinski definition) is 0. The molecule has 77 heavy (non-hydrogen) atoms. The SMILES string of the molecule is CCCCc1cc(-c2ccccc2)ccc1N1c2ccc(-c3ccccc3)cc2B2c3cc(-c4ccccc4)ccc3N(c3c(-c4ccccc4)cc(-c4ccccc4)cc3-c3ccccc3)c3cc(C(C)(C)C)cc1c32. The molecule has 0 saturated carbocycles. The molecule has 0 amide bonds. The Morgan fingerprint density at radius 1 is 0.338 bits per heavy atom. The molecule has 0 radical (unpaired) electrons. The number of aryl methyl sites for hydroxylation is 1. The van der Waals surface area contributed by atoms with Crippen LogP contribution in [0.25, 0.3) is 66.8 Å². The van der Waals surface area contributed by atoms with E-state index in [-0.39, 0.29) is 12.1 Å². The molecule has 0 aromatic heterocycles. The van der Waals surface area contributed by atoms with Gasteiger partial charge < -0.3 is 9.80 Å². The highest BCUT2D eigenvalue weighted by Gasteiger charge is 2.45. The Hall–Kier alpha value is -8.92. The molecule has 2 heterocycles. The van der Waals surface area contributed by atoms with Crippen molar-refractivity contribution in [3.05, 3.63) is 272 Å². The van der Waals surface area contributed by atoms with Gasteiger partial charge in [0.05, 0.1) is 5.69 Å². The molecule has 11 aromatic rings. The number of nitrogens with zero attached hydrogens (tertiary/aromatic N) is 2. The van der Waals surface area contributed by atoms with Crippen LogP contribution in [0.15, 0.2) is 261 Å². The fourth-order valence-corrected chi connectivity index (χ4v) is 12.1. The lowest BCUT2D eigenvalue weighted by molar-refractivity contribution is 0.590. The lowest BCUT2D eigenvalue weighted by atomic mass is 9.33. The van der Waals surface area contributed by atoms with E-state index in [1.807, 2.05) is 0 Å². The molecule has 0 spiro atoms. The number of rotatable bonds is 11. The van der Waals surface area contributed by atoms with E-state index >= 15 is 0 Å². The normalized spacial score (nSPS) is 12.5. The Labute approximate surface area is 455 Å². The van der Waals surface area contributed by atoms with E-state index in [2.05, 4.69) is 298 Å². The number of unbranched alkanes of at least 4 members (excludes halogenated alkanes) is 1. The lowest BCUT2D eigenvalue weighted by Crippen LogP contribution is -2.61. The fraction of sp³-hybridized carbons (Fsp3) is 0.108. The van der Waals surface area contributed by atoms with Crippen molar-refractivity contribution >= 4 is 57.2 Å². The third kappa shape index (κ3) is 8.76. The summed E-state index contributed by atoms with van der Waals surface area (Å²) < 4.78 is 0. The summed E-state index contributed by atoms with van der Waals surface area (Å²) in [6.07, 6.45) is 3.17. The summed E-state index contributed by atoms with van der Waals surface area (Å²) in [5.74, 6) is 0. The molecule has 0 atom stereocenters. The third-order valence-electron chi connectivity index (χ3n) is 16.0. The molecule has 2 aliphatic heterocycles. The van der Waals surface area contributed by atoms with Crippen LogP contribution in [0.3, 0.4) is 0 Å². The molecule has 0 bridgehead atoms. The van der Waals surface area contributed by atoms with Crippen LogP contribution in [0.2, 0.25) is 0 Å². The predicted molar refractivity (Wildman–Crippen MR) is 330 cm³/mol. The Kier molecular flexibility index (Phi) is 12.4. The van der Waals surface area contributed by atoms with Crippen LogP contribution in [-0.2, 0) is 11.8 Å². The minimum absolute atomic E-state index is 0.106. The third-order valence-corrected chi connectivity index (χ3v) is 16.0. The van der Waals surface area contributed by atoms with E-state index in [4.69, 9.17) is 0 Å². The van der Waals surface area contributed by atoms with Crippen molar-refractivity contribution in [2.75, 3.05) is 9.80 Å². The van der Waals surface area contributed by atoms with Gasteiger partial charge in [-0.25, -0.2) is 0 Å². The first-order valence-corrected chi connectivity index (χ1v) is 27.5. The topological polar surface area (TPSA) is 6.48 Å². The van der Waals surface area contributed by atoms with Gasteiger partial charge in [0.25, 0.3) is 6.71 Å². The van der Waals surface area contributed by atoms with Gasteiger partial charge in [0.1, 0.15) is 0 Å². The lowest BCUT2D eigenvalue weighted by Gasteiger charge is -2.46. The van der Waals surface area contributed by atoms with E-state index in [0.29, 0.717) is 0 Å². The molecule has 0 aliphatic carbocycles. The monoisotopic (exact) mass is 988 g/mol. The second kappa shape index (κ2) is 20.0. The number of hydrogen-bond acceptors (Lipinski definition) is 2. The highest BCUT2D eigenvalue weighted by molar-refractivity contribution is 7.00. The first-order chi connectivity index (χ1) is 37.8. The molecule has 11 aromatic carbocycles. The molecule has 0 N–H and O–H groups in total. The fourth-order valence-electron chi connectivity index (χ4n) is 12.1. The molecule has 0 fully saturated rings.